The van der Waals surface area contributed by atoms with Crippen molar-refractivity contribution in [3.05, 3.63) is 72.6 Å². The van der Waals surface area contributed by atoms with Gasteiger partial charge in [-0.15, -0.1) is 24.0 Å². The summed E-state index contributed by atoms with van der Waals surface area (Å²) in [4.78, 5) is 4.54. The van der Waals surface area contributed by atoms with E-state index in [0.29, 0.717) is 24.9 Å². The van der Waals surface area contributed by atoms with E-state index in [4.69, 9.17) is 4.74 Å². The summed E-state index contributed by atoms with van der Waals surface area (Å²) in [5, 5.41) is 10.9. The SMILES string of the molecule is CN=C(NCCOc1ccc(S(C)(=O)=O)cc1)NC(C)c1cccc(-n2cccn2)c1.I. The molecule has 0 radical (unpaired) electrons. The van der Waals surface area contributed by atoms with Crippen LogP contribution in [-0.2, 0) is 9.84 Å². The van der Waals surface area contributed by atoms with Gasteiger partial charge in [0, 0.05) is 25.7 Å². The highest BCUT2D eigenvalue weighted by atomic mass is 127. The molecule has 172 valence electrons. The molecule has 1 aromatic heterocycles. The van der Waals surface area contributed by atoms with Gasteiger partial charge in [-0.2, -0.15) is 5.10 Å². The zero-order valence-electron chi connectivity index (χ0n) is 18.2. The molecule has 2 N–H and O–H groups in total. The molecule has 0 spiro atoms. The third-order valence-corrected chi connectivity index (χ3v) is 5.76. The van der Waals surface area contributed by atoms with Crippen molar-refractivity contribution in [3.8, 4) is 11.4 Å². The average molecular weight is 569 g/mol. The molecule has 0 aliphatic rings. The maximum atomic E-state index is 11.5. The lowest BCUT2D eigenvalue weighted by Crippen LogP contribution is -2.40. The van der Waals surface area contributed by atoms with Gasteiger partial charge in [0.1, 0.15) is 12.4 Å². The van der Waals surface area contributed by atoms with Gasteiger partial charge in [-0.1, -0.05) is 12.1 Å². The van der Waals surface area contributed by atoms with Gasteiger partial charge in [-0.3, -0.25) is 4.99 Å². The standard InChI is InChI=1S/C22H27N5O3S.HI/c1-17(18-6-4-7-19(16-18)27-14-5-12-25-27)26-22(23-2)24-13-15-30-20-8-10-21(11-9-20)31(3,28)29;/h4-12,14,16-17H,13,15H2,1-3H3,(H2,23,24,26);1H. The van der Waals surface area contributed by atoms with Gasteiger partial charge in [0.05, 0.1) is 23.2 Å². The molecule has 32 heavy (non-hydrogen) atoms. The van der Waals surface area contributed by atoms with E-state index in [-0.39, 0.29) is 34.9 Å². The summed E-state index contributed by atoms with van der Waals surface area (Å²) in [6.07, 6.45) is 4.84. The van der Waals surface area contributed by atoms with E-state index >= 15 is 0 Å². The molecule has 0 saturated heterocycles. The largest absolute Gasteiger partial charge is 0.492 e. The lowest BCUT2D eigenvalue weighted by Gasteiger charge is -2.19. The number of sulfone groups is 1. The normalized spacial score (nSPS) is 12.5. The van der Waals surface area contributed by atoms with Crippen molar-refractivity contribution < 1.29 is 13.2 Å². The first-order valence-electron chi connectivity index (χ1n) is 9.87. The lowest BCUT2D eigenvalue weighted by molar-refractivity contribution is 0.321. The van der Waals surface area contributed by atoms with E-state index in [9.17, 15) is 8.42 Å². The Morgan fingerprint density at radius 1 is 1.19 bits per heavy atom. The van der Waals surface area contributed by atoms with Gasteiger partial charge in [-0.05, 0) is 55.0 Å². The highest BCUT2D eigenvalue weighted by Crippen LogP contribution is 2.17. The fraction of sp³-hybridized carbons (Fsp3) is 0.273. The Morgan fingerprint density at radius 3 is 2.56 bits per heavy atom. The van der Waals surface area contributed by atoms with Crippen molar-refractivity contribution in [2.75, 3.05) is 26.5 Å². The molecule has 3 rings (SSSR count). The van der Waals surface area contributed by atoms with Crippen LogP contribution in [0.1, 0.15) is 18.5 Å². The average Bonchev–Trinajstić information content (AvgIpc) is 3.30. The van der Waals surface area contributed by atoms with Crippen LogP contribution in [0.3, 0.4) is 0 Å². The van der Waals surface area contributed by atoms with E-state index in [1.807, 2.05) is 29.1 Å². The van der Waals surface area contributed by atoms with Crippen molar-refractivity contribution in [1.82, 2.24) is 20.4 Å². The monoisotopic (exact) mass is 569 g/mol. The molecule has 3 aromatic rings. The molecule has 0 aliphatic heterocycles. The smallest absolute Gasteiger partial charge is 0.191 e. The Labute approximate surface area is 206 Å². The number of aromatic nitrogens is 2. The van der Waals surface area contributed by atoms with Crippen molar-refractivity contribution in [2.45, 2.75) is 17.9 Å². The molecule has 0 aliphatic carbocycles. The molecule has 1 heterocycles. The molecular formula is C22H28IN5O3S. The minimum Gasteiger partial charge on any atom is -0.492 e. The predicted octanol–water partition coefficient (Wildman–Crippen LogP) is 3.20. The number of aliphatic imine (C=N–C) groups is 1. The summed E-state index contributed by atoms with van der Waals surface area (Å²) >= 11 is 0. The number of halogens is 1. The Hall–Kier alpha value is -2.60. The van der Waals surface area contributed by atoms with Crippen LogP contribution in [0.25, 0.3) is 5.69 Å². The maximum absolute atomic E-state index is 11.5. The summed E-state index contributed by atoms with van der Waals surface area (Å²) in [5.41, 5.74) is 2.10. The number of ether oxygens (including phenoxy) is 1. The number of benzene rings is 2. The summed E-state index contributed by atoms with van der Waals surface area (Å²) in [6.45, 7) is 3.00. The molecule has 0 amide bonds. The first kappa shape index (κ1) is 25.7. The maximum Gasteiger partial charge on any atom is 0.191 e. The van der Waals surface area contributed by atoms with Gasteiger partial charge < -0.3 is 15.4 Å². The Kier molecular flexibility index (Phi) is 9.51. The number of nitrogens with zero attached hydrogens (tertiary/aromatic N) is 3. The molecule has 1 unspecified atom stereocenters. The van der Waals surface area contributed by atoms with E-state index in [0.717, 1.165) is 11.3 Å². The summed E-state index contributed by atoms with van der Waals surface area (Å²) in [7, 11) is -1.49. The summed E-state index contributed by atoms with van der Waals surface area (Å²) in [6, 6.07) is 16.5. The van der Waals surface area contributed by atoms with Crippen LogP contribution in [0.5, 0.6) is 5.75 Å². The van der Waals surface area contributed by atoms with E-state index in [1.165, 1.54) is 18.4 Å². The minimum atomic E-state index is -3.21. The third kappa shape index (κ3) is 7.23. The van der Waals surface area contributed by atoms with Crippen molar-refractivity contribution in [1.29, 1.82) is 0 Å². The quantitative estimate of drug-likeness (QED) is 0.187. The topological polar surface area (TPSA) is 97.6 Å². The van der Waals surface area contributed by atoms with Gasteiger partial charge in [0.15, 0.2) is 15.8 Å². The Bertz CT molecular complexity index is 1120. The highest BCUT2D eigenvalue weighted by Gasteiger charge is 2.10. The Morgan fingerprint density at radius 2 is 1.94 bits per heavy atom. The first-order valence-corrected chi connectivity index (χ1v) is 11.8. The van der Waals surface area contributed by atoms with Gasteiger partial charge in [0.2, 0.25) is 0 Å². The molecule has 2 aromatic carbocycles. The summed E-state index contributed by atoms with van der Waals surface area (Å²) < 4.78 is 30.5. The van der Waals surface area contributed by atoms with E-state index < -0.39 is 9.84 Å². The highest BCUT2D eigenvalue weighted by molar-refractivity contribution is 14.0. The van der Waals surface area contributed by atoms with Crippen LogP contribution in [0.15, 0.2) is 76.9 Å². The number of hydrogen-bond acceptors (Lipinski definition) is 5. The molecule has 0 bridgehead atoms. The summed E-state index contributed by atoms with van der Waals surface area (Å²) in [5.74, 6) is 1.27. The van der Waals surface area contributed by atoms with E-state index in [2.05, 4.69) is 39.8 Å². The minimum absolute atomic E-state index is 0. The number of guanidine groups is 1. The molecule has 1 atom stereocenters. The zero-order chi connectivity index (χ0) is 22.3. The van der Waals surface area contributed by atoms with Crippen LogP contribution in [0, 0.1) is 0 Å². The van der Waals surface area contributed by atoms with Gasteiger partial charge in [0.25, 0.3) is 0 Å². The molecular weight excluding hydrogens is 541 g/mol. The number of hydrogen-bond donors (Lipinski definition) is 2. The fourth-order valence-corrected chi connectivity index (χ4v) is 3.59. The van der Waals surface area contributed by atoms with Crippen LogP contribution in [0.2, 0.25) is 0 Å². The molecule has 0 fully saturated rings. The molecule has 8 nitrogen and oxygen atoms in total. The second-order valence-corrected chi connectivity index (χ2v) is 9.02. The van der Waals surface area contributed by atoms with Crippen molar-refractivity contribution in [2.24, 2.45) is 4.99 Å². The number of nitrogens with one attached hydrogen (secondary N) is 2. The van der Waals surface area contributed by atoms with Gasteiger partial charge in [-0.25, -0.2) is 13.1 Å². The number of rotatable bonds is 8. The zero-order valence-corrected chi connectivity index (χ0v) is 21.4. The van der Waals surface area contributed by atoms with Crippen LogP contribution in [0.4, 0.5) is 0 Å². The lowest BCUT2D eigenvalue weighted by atomic mass is 10.1. The van der Waals surface area contributed by atoms with E-state index in [1.54, 1.807) is 25.4 Å². The van der Waals surface area contributed by atoms with Crippen LogP contribution >= 0.6 is 24.0 Å². The predicted molar refractivity (Wildman–Crippen MR) is 137 cm³/mol. The first-order chi connectivity index (χ1) is 14.9. The Balaban J connectivity index is 0.00000363. The molecule has 10 heteroatoms. The van der Waals surface area contributed by atoms with Gasteiger partial charge >= 0.3 is 0 Å². The van der Waals surface area contributed by atoms with Crippen LogP contribution in [-0.4, -0.2) is 50.6 Å². The van der Waals surface area contributed by atoms with Crippen LogP contribution < -0.4 is 15.4 Å². The third-order valence-electron chi connectivity index (χ3n) is 4.63. The second kappa shape index (κ2) is 11.9. The second-order valence-electron chi connectivity index (χ2n) is 7.00. The van der Waals surface area contributed by atoms with Crippen molar-refractivity contribution >= 4 is 39.8 Å². The molecule has 0 saturated carbocycles. The van der Waals surface area contributed by atoms with Crippen molar-refractivity contribution in [3.63, 3.8) is 0 Å². The fourth-order valence-electron chi connectivity index (χ4n) is 2.96.